The van der Waals surface area contributed by atoms with E-state index in [1.54, 1.807) is 17.9 Å². The Labute approximate surface area is 210 Å². The number of amides is 2. The fourth-order valence-corrected chi connectivity index (χ4v) is 4.33. The Bertz CT molecular complexity index is 1180. The van der Waals surface area contributed by atoms with Crippen molar-refractivity contribution in [2.75, 3.05) is 19.7 Å². The van der Waals surface area contributed by atoms with Gasteiger partial charge in [-0.2, -0.15) is 0 Å². The van der Waals surface area contributed by atoms with Gasteiger partial charge < -0.3 is 19.5 Å². The van der Waals surface area contributed by atoms with Crippen LogP contribution in [0.5, 0.6) is 0 Å². The maximum atomic E-state index is 13.5. The predicted octanol–water partition coefficient (Wildman–Crippen LogP) is 3.79. The third-order valence-corrected chi connectivity index (χ3v) is 6.39. The number of benzene rings is 2. The van der Waals surface area contributed by atoms with Gasteiger partial charge in [0, 0.05) is 31.1 Å². The summed E-state index contributed by atoms with van der Waals surface area (Å²) in [4.78, 5) is 40.3. The average molecular weight is 490 g/mol. The van der Waals surface area contributed by atoms with Crippen molar-refractivity contribution in [3.63, 3.8) is 0 Å². The van der Waals surface area contributed by atoms with Gasteiger partial charge >= 0.3 is 5.97 Å². The zero-order chi connectivity index (χ0) is 25.5. The molecule has 1 N–H and O–H groups in total. The van der Waals surface area contributed by atoms with Crippen molar-refractivity contribution in [2.45, 2.75) is 39.2 Å². The monoisotopic (exact) mass is 489 g/mol. The number of nitrogens with zero attached hydrogens (tertiary/aromatic N) is 2. The molecule has 36 heavy (non-hydrogen) atoms. The zero-order valence-electron chi connectivity index (χ0n) is 20.6. The third-order valence-electron chi connectivity index (χ3n) is 6.39. The first kappa shape index (κ1) is 25.2. The van der Waals surface area contributed by atoms with Crippen molar-refractivity contribution in [3.05, 3.63) is 77.5 Å². The van der Waals surface area contributed by atoms with Gasteiger partial charge in [-0.1, -0.05) is 65.3 Å². The number of ether oxygens (including phenoxy) is 1. The van der Waals surface area contributed by atoms with Crippen molar-refractivity contribution < 1.29 is 23.6 Å². The maximum absolute atomic E-state index is 13.5. The Hall–Kier alpha value is -3.94. The van der Waals surface area contributed by atoms with E-state index >= 15 is 0 Å². The molecule has 2 aromatic carbocycles. The number of piperidine rings is 1. The van der Waals surface area contributed by atoms with Gasteiger partial charge in [0.2, 0.25) is 5.91 Å². The van der Waals surface area contributed by atoms with Crippen molar-refractivity contribution >= 4 is 17.8 Å². The van der Waals surface area contributed by atoms with Gasteiger partial charge in [-0.15, -0.1) is 0 Å². The minimum Gasteiger partial charge on any atom is -0.466 e. The molecule has 4 rings (SSSR count). The van der Waals surface area contributed by atoms with Crippen LogP contribution in [0.25, 0.3) is 11.3 Å². The highest BCUT2D eigenvalue weighted by Crippen LogP contribution is 2.22. The molecule has 1 aromatic heterocycles. The number of carbonyl (C=O) groups excluding carboxylic acids is 3. The van der Waals surface area contributed by atoms with Crippen molar-refractivity contribution in [1.82, 2.24) is 15.4 Å². The van der Waals surface area contributed by atoms with E-state index in [9.17, 15) is 14.4 Å². The molecule has 0 aliphatic carbocycles. The number of carbonyl (C=O) groups is 3. The van der Waals surface area contributed by atoms with E-state index in [-0.39, 0.29) is 23.5 Å². The topological polar surface area (TPSA) is 102 Å². The lowest BCUT2D eigenvalue weighted by Crippen LogP contribution is -2.52. The van der Waals surface area contributed by atoms with E-state index in [0.29, 0.717) is 44.7 Å². The summed E-state index contributed by atoms with van der Waals surface area (Å²) in [6, 6.07) is 18.1. The minimum atomic E-state index is -0.779. The lowest BCUT2D eigenvalue weighted by Gasteiger charge is -2.33. The molecule has 188 valence electrons. The molecule has 1 fully saturated rings. The molecule has 1 aliphatic heterocycles. The molecule has 2 heterocycles. The van der Waals surface area contributed by atoms with E-state index < -0.39 is 11.9 Å². The minimum absolute atomic E-state index is 0.109. The Morgan fingerprint density at radius 3 is 2.44 bits per heavy atom. The Kier molecular flexibility index (Phi) is 8.15. The second kappa shape index (κ2) is 11.7. The molecular formula is C28H31N3O5. The lowest BCUT2D eigenvalue weighted by molar-refractivity contribution is -0.151. The first-order valence-electron chi connectivity index (χ1n) is 12.3. The average Bonchev–Trinajstić information content (AvgIpc) is 3.40. The molecular weight excluding hydrogens is 458 g/mol. The third kappa shape index (κ3) is 6.19. The Morgan fingerprint density at radius 2 is 1.78 bits per heavy atom. The van der Waals surface area contributed by atoms with Gasteiger partial charge in [0.1, 0.15) is 6.04 Å². The fraction of sp³-hybridized carbons (Fsp3) is 0.357. The van der Waals surface area contributed by atoms with Crippen LogP contribution in [0.3, 0.4) is 0 Å². The van der Waals surface area contributed by atoms with Crippen molar-refractivity contribution in [3.8, 4) is 11.3 Å². The number of hydrogen-bond donors (Lipinski definition) is 1. The largest absolute Gasteiger partial charge is 0.466 e. The molecule has 0 bridgehead atoms. The highest BCUT2D eigenvalue weighted by Gasteiger charge is 2.32. The molecule has 1 atom stereocenters. The number of aryl methyl sites for hydroxylation is 1. The van der Waals surface area contributed by atoms with Crippen molar-refractivity contribution in [2.24, 2.45) is 5.92 Å². The van der Waals surface area contributed by atoms with E-state index in [0.717, 1.165) is 16.7 Å². The van der Waals surface area contributed by atoms with Crippen LogP contribution in [0.15, 0.2) is 65.2 Å². The molecule has 8 heteroatoms. The maximum Gasteiger partial charge on any atom is 0.309 e. The second-order valence-electron chi connectivity index (χ2n) is 9.01. The lowest BCUT2D eigenvalue weighted by atomic mass is 9.95. The number of likely N-dealkylation sites (tertiary alicyclic amines) is 1. The molecule has 0 saturated carbocycles. The Morgan fingerprint density at radius 1 is 1.08 bits per heavy atom. The standard InChI is InChI=1S/C28H31N3O5/c1-3-35-28(34)22-13-15-31(16-14-22)27(33)24(17-20-7-5-4-6-8-20)29-26(32)23-18-25(36-30-23)21-11-9-19(2)10-12-21/h4-12,18,22,24H,3,13-17H2,1-2H3,(H,29,32)/t24-/m1/s1. The second-order valence-corrected chi connectivity index (χ2v) is 9.01. The molecule has 8 nitrogen and oxygen atoms in total. The first-order valence-corrected chi connectivity index (χ1v) is 12.3. The van der Waals surface area contributed by atoms with Crippen LogP contribution in [0, 0.1) is 12.8 Å². The molecule has 1 aliphatic rings. The van der Waals surface area contributed by atoms with Gasteiger partial charge in [-0.25, -0.2) is 0 Å². The quantitative estimate of drug-likeness (QED) is 0.483. The summed E-state index contributed by atoms with van der Waals surface area (Å²) >= 11 is 0. The molecule has 0 spiro atoms. The summed E-state index contributed by atoms with van der Waals surface area (Å²) in [7, 11) is 0. The van der Waals surface area contributed by atoms with Gasteiger partial charge in [-0.3, -0.25) is 14.4 Å². The Balaban J connectivity index is 1.46. The van der Waals surface area contributed by atoms with Gasteiger partial charge in [0.05, 0.1) is 12.5 Å². The summed E-state index contributed by atoms with van der Waals surface area (Å²) in [5.41, 5.74) is 2.97. The van der Waals surface area contributed by atoms with Crippen LogP contribution < -0.4 is 5.32 Å². The fourth-order valence-electron chi connectivity index (χ4n) is 4.33. The van der Waals surface area contributed by atoms with E-state index in [2.05, 4.69) is 10.5 Å². The molecule has 0 radical (unpaired) electrons. The molecule has 1 saturated heterocycles. The van der Waals surface area contributed by atoms with Gasteiger partial charge in [-0.05, 0) is 32.3 Å². The van der Waals surface area contributed by atoms with E-state index in [1.807, 2.05) is 61.5 Å². The van der Waals surface area contributed by atoms with Crippen LogP contribution in [-0.4, -0.2) is 53.6 Å². The first-order chi connectivity index (χ1) is 17.4. The van der Waals surface area contributed by atoms with Crippen LogP contribution in [0.1, 0.15) is 41.4 Å². The van der Waals surface area contributed by atoms with Crippen molar-refractivity contribution in [1.29, 1.82) is 0 Å². The number of hydrogen-bond acceptors (Lipinski definition) is 6. The summed E-state index contributed by atoms with van der Waals surface area (Å²) < 4.78 is 10.5. The van der Waals surface area contributed by atoms with Crippen LogP contribution in [0.4, 0.5) is 0 Å². The highest BCUT2D eigenvalue weighted by molar-refractivity contribution is 5.96. The SMILES string of the molecule is CCOC(=O)C1CCN(C(=O)[C@@H](Cc2ccccc2)NC(=O)c2cc(-c3ccc(C)cc3)on2)CC1. The van der Waals surface area contributed by atoms with Crippen LogP contribution >= 0.6 is 0 Å². The summed E-state index contributed by atoms with van der Waals surface area (Å²) in [5.74, 6) is -0.600. The predicted molar refractivity (Wildman–Crippen MR) is 134 cm³/mol. The number of nitrogens with one attached hydrogen (secondary N) is 1. The van der Waals surface area contributed by atoms with Crippen LogP contribution in [0.2, 0.25) is 0 Å². The number of rotatable bonds is 8. The number of aromatic nitrogens is 1. The molecule has 0 unspecified atom stereocenters. The number of esters is 1. The van der Waals surface area contributed by atoms with Gasteiger partial charge in [0.15, 0.2) is 11.5 Å². The highest BCUT2D eigenvalue weighted by atomic mass is 16.5. The molecule has 2 amide bonds. The summed E-state index contributed by atoms with van der Waals surface area (Å²) in [6.45, 7) is 4.99. The normalized spacial score (nSPS) is 14.8. The summed E-state index contributed by atoms with van der Waals surface area (Å²) in [6.07, 6.45) is 1.42. The van der Waals surface area contributed by atoms with E-state index in [1.165, 1.54) is 0 Å². The van der Waals surface area contributed by atoms with Crippen LogP contribution in [-0.2, 0) is 20.7 Å². The molecule has 3 aromatic rings. The zero-order valence-corrected chi connectivity index (χ0v) is 20.6. The summed E-state index contributed by atoms with van der Waals surface area (Å²) in [5, 5.41) is 6.79. The van der Waals surface area contributed by atoms with E-state index in [4.69, 9.17) is 9.26 Å². The smallest absolute Gasteiger partial charge is 0.309 e. The van der Waals surface area contributed by atoms with Gasteiger partial charge in [0.25, 0.3) is 5.91 Å².